The SMILES string of the molecule is CCCNc1cc(Oc2cc(C)cc(C)c2)nc(SC)n1. The van der Waals surface area contributed by atoms with Crippen molar-refractivity contribution in [3.8, 4) is 11.6 Å². The molecular weight excluding hydrogens is 282 g/mol. The summed E-state index contributed by atoms with van der Waals surface area (Å²) >= 11 is 1.51. The van der Waals surface area contributed by atoms with E-state index in [-0.39, 0.29) is 0 Å². The summed E-state index contributed by atoms with van der Waals surface area (Å²) in [6, 6.07) is 7.97. The minimum atomic E-state index is 0.568. The zero-order chi connectivity index (χ0) is 15.2. The van der Waals surface area contributed by atoms with Crippen molar-refractivity contribution in [2.75, 3.05) is 18.1 Å². The molecule has 0 radical (unpaired) electrons. The van der Waals surface area contributed by atoms with E-state index in [1.54, 1.807) is 0 Å². The molecule has 0 fully saturated rings. The molecule has 2 rings (SSSR count). The highest BCUT2D eigenvalue weighted by Gasteiger charge is 2.06. The summed E-state index contributed by atoms with van der Waals surface area (Å²) < 4.78 is 5.90. The molecule has 0 amide bonds. The second-order valence-corrected chi connectivity index (χ2v) is 5.70. The van der Waals surface area contributed by atoms with E-state index in [9.17, 15) is 0 Å². The summed E-state index contributed by atoms with van der Waals surface area (Å²) in [5.41, 5.74) is 2.35. The first-order valence-electron chi connectivity index (χ1n) is 7.04. The standard InChI is InChI=1S/C16H21N3OS/c1-5-6-17-14-10-15(19-16(18-14)21-4)20-13-8-11(2)7-12(3)9-13/h7-10H,5-6H2,1-4H3,(H,17,18,19). The van der Waals surface area contributed by atoms with Gasteiger partial charge in [0.2, 0.25) is 5.88 Å². The van der Waals surface area contributed by atoms with Crippen LogP contribution < -0.4 is 10.1 Å². The van der Waals surface area contributed by atoms with Crippen molar-refractivity contribution in [1.82, 2.24) is 9.97 Å². The Kier molecular flexibility index (Phi) is 5.44. The first-order chi connectivity index (χ1) is 10.1. The van der Waals surface area contributed by atoms with Gasteiger partial charge >= 0.3 is 0 Å². The number of thioether (sulfide) groups is 1. The van der Waals surface area contributed by atoms with Crippen LogP contribution in [0.4, 0.5) is 5.82 Å². The maximum atomic E-state index is 5.90. The molecule has 0 spiro atoms. The van der Waals surface area contributed by atoms with Crippen LogP contribution in [0.25, 0.3) is 0 Å². The minimum absolute atomic E-state index is 0.568. The zero-order valence-corrected chi connectivity index (χ0v) is 13.8. The first kappa shape index (κ1) is 15.6. The minimum Gasteiger partial charge on any atom is -0.439 e. The molecule has 0 bridgehead atoms. The van der Waals surface area contributed by atoms with Gasteiger partial charge in [-0.15, -0.1) is 0 Å². The van der Waals surface area contributed by atoms with Gasteiger partial charge in [0, 0.05) is 12.6 Å². The number of aryl methyl sites for hydroxylation is 2. The number of benzene rings is 1. The van der Waals surface area contributed by atoms with Crippen molar-refractivity contribution in [2.24, 2.45) is 0 Å². The Labute approximate surface area is 130 Å². The van der Waals surface area contributed by atoms with Gasteiger partial charge in [0.15, 0.2) is 5.16 Å². The van der Waals surface area contributed by atoms with Crippen LogP contribution in [0.15, 0.2) is 29.4 Å². The molecule has 0 aliphatic rings. The van der Waals surface area contributed by atoms with Crippen LogP contribution in [0.2, 0.25) is 0 Å². The van der Waals surface area contributed by atoms with Crippen LogP contribution in [0, 0.1) is 13.8 Å². The van der Waals surface area contributed by atoms with Gasteiger partial charge in [-0.25, -0.2) is 4.98 Å². The predicted octanol–water partition coefficient (Wildman–Crippen LogP) is 4.43. The molecule has 1 aromatic heterocycles. The molecule has 0 saturated carbocycles. The van der Waals surface area contributed by atoms with E-state index in [1.165, 1.54) is 22.9 Å². The highest BCUT2D eigenvalue weighted by molar-refractivity contribution is 7.98. The van der Waals surface area contributed by atoms with Crippen molar-refractivity contribution < 1.29 is 4.74 Å². The maximum Gasteiger partial charge on any atom is 0.225 e. The number of rotatable bonds is 6. The number of aromatic nitrogens is 2. The largest absolute Gasteiger partial charge is 0.439 e. The van der Waals surface area contributed by atoms with Crippen LogP contribution in [-0.4, -0.2) is 22.8 Å². The number of hydrogen-bond donors (Lipinski definition) is 1. The quantitative estimate of drug-likeness (QED) is 0.632. The normalized spacial score (nSPS) is 10.5. The number of anilines is 1. The van der Waals surface area contributed by atoms with Crippen molar-refractivity contribution in [3.63, 3.8) is 0 Å². The molecule has 2 aromatic rings. The lowest BCUT2D eigenvalue weighted by Gasteiger charge is -2.10. The lowest BCUT2D eigenvalue weighted by Crippen LogP contribution is -2.04. The van der Waals surface area contributed by atoms with Crippen LogP contribution >= 0.6 is 11.8 Å². The molecule has 21 heavy (non-hydrogen) atoms. The van der Waals surface area contributed by atoms with Gasteiger partial charge < -0.3 is 10.1 Å². The molecule has 1 heterocycles. The van der Waals surface area contributed by atoms with E-state index < -0.39 is 0 Å². The second kappa shape index (κ2) is 7.31. The lowest BCUT2D eigenvalue weighted by molar-refractivity contribution is 0.455. The summed E-state index contributed by atoms with van der Waals surface area (Å²) in [6.07, 6.45) is 3.01. The lowest BCUT2D eigenvalue weighted by atomic mass is 10.1. The molecule has 0 aliphatic carbocycles. The zero-order valence-electron chi connectivity index (χ0n) is 12.9. The van der Waals surface area contributed by atoms with E-state index in [0.29, 0.717) is 11.0 Å². The van der Waals surface area contributed by atoms with Gasteiger partial charge in [-0.05, 0) is 49.8 Å². The Morgan fingerprint density at radius 3 is 2.43 bits per heavy atom. The van der Waals surface area contributed by atoms with Gasteiger partial charge in [0.1, 0.15) is 11.6 Å². The molecule has 0 aliphatic heterocycles. The van der Waals surface area contributed by atoms with E-state index >= 15 is 0 Å². The third kappa shape index (κ3) is 4.63. The second-order valence-electron chi connectivity index (χ2n) is 4.93. The van der Waals surface area contributed by atoms with E-state index in [1.807, 2.05) is 24.5 Å². The Hall–Kier alpha value is -1.75. The van der Waals surface area contributed by atoms with Crippen LogP contribution in [0.3, 0.4) is 0 Å². The summed E-state index contributed by atoms with van der Waals surface area (Å²) in [4.78, 5) is 8.83. The molecular formula is C16H21N3OS. The predicted molar refractivity (Wildman–Crippen MR) is 88.6 cm³/mol. The van der Waals surface area contributed by atoms with E-state index in [2.05, 4.69) is 42.1 Å². The maximum absolute atomic E-state index is 5.90. The van der Waals surface area contributed by atoms with Crippen molar-refractivity contribution in [3.05, 3.63) is 35.4 Å². The third-order valence-corrected chi connectivity index (χ3v) is 3.39. The van der Waals surface area contributed by atoms with Crippen molar-refractivity contribution in [2.45, 2.75) is 32.3 Å². The van der Waals surface area contributed by atoms with E-state index in [0.717, 1.165) is 24.5 Å². The fraction of sp³-hybridized carbons (Fsp3) is 0.375. The fourth-order valence-electron chi connectivity index (χ4n) is 2.00. The van der Waals surface area contributed by atoms with Gasteiger partial charge in [-0.3, -0.25) is 0 Å². The van der Waals surface area contributed by atoms with Gasteiger partial charge in [-0.1, -0.05) is 24.8 Å². The smallest absolute Gasteiger partial charge is 0.225 e. The molecule has 1 aromatic carbocycles. The Balaban J connectivity index is 2.25. The Bertz CT molecular complexity index is 596. The van der Waals surface area contributed by atoms with Crippen LogP contribution in [0.5, 0.6) is 11.6 Å². The summed E-state index contributed by atoms with van der Waals surface area (Å²) in [5.74, 6) is 2.17. The van der Waals surface area contributed by atoms with Gasteiger partial charge in [0.05, 0.1) is 0 Å². The Morgan fingerprint density at radius 1 is 1.10 bits per heavy atom. The average molecular weight is 303 g/mol. The number of ether oxygens (including phenoxy) is 1. The van der Waals surface area contributed by atoms with Crippen molar-refractivity contribution >= 4 is 17.6 Å². The fourth-order valence-corrected chi connectivity index (χ4v) is 2.37. The molecule has 0 saturated heterocycles. The third-order valence-electron chi connectivity index (χ3n) is 2.84. The summed E-state index contributed by atoms with van der Waals surface area (Å²) in [6.45, 7) is 7.12. The highest BCUT2D eigenvalue weighted by atomic mass is 32.2. The molecule has 5 heteroatoms. The van der Waals surface area contributed by atoms with Crippen LogP contribution in [-0.2, 0) is 0 Å². The molecule has 0 atom stereocenters. The van der Waals surface area contributed by atoms with Crippen molar-refractivity contribution in [1.29, 1.82) is 0 Å². The molecule has 0 unspecified atom stereocenters. The average Bonchev–Trinajstić information content (AvgIpc) is 2.43. The number of nitrogens with one attached hydrogen (secondary N) is 1. The summed E-state index contributed by atoms with van der Waals surface area (Å²) in [7, 11) is 0. The van der Waals surface area contributed by atoms with E-state index in [4.69, 9.17) is 4.74 Å². The monoisotopic (exact) mass is 303 g/mol. The van der Waals surface area contributed by atoms with Crippen LogP contribution in [0.1, 0.15) is 24.5 Å². The molecule has 112 valence electrons. The van der Waals surface area contributed by atoms with Gasteiger partial charge in [0.25, 0.3) is 0 Å². The highest BCUT2D eigenvalue weighted by Crippen LogP contribution is 2.25. The number of nitrogens with zero attached hydrogens (tertiary/aromatic N) is 2. The topological polar surface area (TPSA) is 47.0 Å². The summed E-state index contributed by atoms with van der Waals surface area (Å²) in [5, 5.41) is 3.98. The Morgan fingerprint density at radius 2 is 1.81 bits per heavy atom. The molecule has 1 N–H and O–H groups in total. The molecule has 4 nitrogen and oxygen atoms in total. The van der Waals surface area contributed by atoms with Gasteiger partial charge in [-0.2, -0.15) is 4.98 Å². The number of hydrogen-bond acceptors (Lipinski definition) is 5. The first-order valence-corrected chi connectivity index (χ1v) is 8.26.